The van der Waals surface area contributed by atoms with Crippen molar-refractivity contribution in [2.45, 2.75) is 81.2 Å². The average molecular weight is 585 g/mol. The smallest absolute Gasteiger partial charge is 0.340 e. The van der Waals surface area contributed by atoms with E-state index in [-0.39, 0.29) is 41.7 Å². The Morgan fingerprint density at radius 2 is 1.81 bits per heavy atom. The molecule has 1 saturated heterocycles. The molecule has 10 heteroatoms. The number of carbonyl (C=O) groups excluding carboxylic acids is 2. The fourth-order valence-corrected chi connectivity index (χ4v) is 11.7. The van der Waals surface area contributed by atoms with E-state index in [1.54, 1.807) is 45.6 Å². The molecule has 6 aliphatic rings. The molecule has 230 valence electrons. The number of rotatable bonds is 7. The van der Waals surface area contributed by atoms with Crippen LogP contribution in [-0.4, -0.2) is 103 Å². The van der Waals surface area contributed by atoms with Gasteiger partial charge in [0.05, 0.1) is 35.7 Å². The Hall–Kier alpha value is -2.08. The molecule has 2 unspecified atom stereocenters. The van der Waals surface area contributed by atoms with Crippen molar-refractivity contribution in [3.63, 3.8) is 0 Å². The Morgan fingerprint density at radius 3 is 2.48 bits per heavy atom. The number of hydrogen-bond acceptors (Lipinski definition) is 9. The van der Waals surface area contributed by atoms with Crippen molar-refractivity contribution < 1.29 is 38.7 Å². The maximum Gasteiger partial charge on any atom is 0.340 e. The number of nitrogens with one attached hydrogen (secondary N) is 1. The molecule has 7 rings (SSSR count). The number of aliphatic hydroxyl groups is 2. The Bertz CT molecular complexity index is 1280. The molecule has 1 spiro atoms. The van der Waals surface area contributed by atoms with E-state index in [4.69, 9.17) is 18.9 Å². The quantitative estimate of drug-likeness (QED) is 0.413. The predicted octanol–water partition coefficient (Wildman–Crippen LogP) is 2.08. The third kappa shape index (κ3) is 3.31. The molecule has 13 atom stereocenters. The molecule has 7 bridgehead atoms. The van der Waals surface area contributed by atoms with Crippen molar-refractivity contribution in [2.24, 2.45) is 35.0 Å². The zero-order valence-corrected chi connectivity index (χ0v) is 25.1. The van der Waals surface area contributed by atoms with Gasteiger partial charge in [-0.15, -0.1) is 0 Å². The third-order valence-electron chi connectivity index (χ3n) is 12.5. The first-order valence-corrected chi connectivity index (χ1v) is 15.5. The monoisotopic (exact) mass is 584 g/mol. The number of piperidine rings is 1. The predicted molar refractivity (Wildman–Crippen MR) is 152 cm³/mol. The molecule has 3 N–H and O–H groups in total. The number of anilines is 1. The standard InChI is InChI=1S/C32H44N2O8/c1-6-34-15-30(42-29(37)17-9-7-8-10-20(17)33-16(2)35)12-11-23(39-3)31-21(30)13-18(27(31)34)24-25(36)26(40-4)19-14-22(31)32(24,38)28(19)41-5/h7-10,18-19,21-28,36,38H,6,11-15H2,1-5H3,(H,33,35)/t18-,19-,21-,22+,23+,24?,25+,26-,27?,28+,30-,31+,32-/m1/s1. The first-order chi connectivity index (χ1) is 20.1. The molecule has 0 aromatic heterocycles. The van der Waals surface area contributed by atoms with E-state index in [1.807, 2.05) is 0 Å². The van der Waals surface area contributed by atoms with Gasteiger partial charge in [-0.3, -0.25) is 9.69 Å². The van der Waals surface area contributed by atoms with Crippen molar-refractivity contribution in [3.05, 3.63) is 29.8 Å². The molecular weight excluding hydrogens is 540 g/mol. The molecule has 6 fully saturated rings. The van der Waals surface area contributed by atoms with Crippen molar-refractivity contribution in [1.29, 1.82) is 0 Å². The number of aliphatic hydroxyl groups excluding tert-OH is 1. The summed E-state index contributed by atoms with van der Waals surface area (Å²) in [5.74, 6) is -1.66. The number of nitrogens with zero attached hydrogens (tertiary/aromatic N) is 1. The molecule has 1 aromatic rings. The lowest BCUT2D eigenvalue weighted by Gasteiger charge is -2.69. The second-order valence-corrected chi connectivity index (χ2v) is 13.6. The van der Waals surface area contributed by atoms with E-state index in [0.29, 0.717) is 43.5 Å². The van der Waals surface area contributed by atoms with Crippen molar-refractivity contribution in [1.82, 2.24) is 4.90 Å². The number of methoxy groups -OCH3 is 3. The number of fused-ring (bicyclic) bond motifs is 2. The fraction of sp³-hybridized carbons (Fsp3) is 0.750. The topological polar surface area (TPSA) is 127 Å². The summed E-state index contributed by atoms with van der Waals surface area (Å²) >= 11 is 0. The van der Waals surface area contributed by atoms with Gasteiger partial charge in [-0.2, -0.15) is 0 Å². The van der Waals surface area contributed by atoms with Gasteiger partial charge in [0.2, 0.25) is 5.91 Å². The van der Waals surface area contributed by atoms with E-state index >= 15 is 0 Å². The molecular formula is C32H44N2O8. The number of benzene rings is 1. The summed E-state index contributed by atoms with van der Waals surface area (Å²) in [5, 5.41) is 27.5. The van der Waals surface area contributed by atoms with Gasteiger partial charge in [0, 0.05) is 69.9 Å². The Kier molecular flexibility index (Phi) is 6.63. The number of esters is 1. The molecule has 1 aromatic carbocycles. The number of amides is 1. The van der Waals surface area contributed by atoms with Gasteiger partial charge < -0.3 is 34.5 Å². The van der Waals surface area contributed by atoms with Crippen LogP contribution in [0, 0.1) is 35.0 Å². The maximum absolute atomic E-state index is 14.0. The van der Waals surface area contributed by atoms with E-state index in [0.717, 1.165) is 6.54 Å². The van der Waals surface area contributed by atoms with Crippen LogP contribution < -0.4 is 5.32 Å². The lowest BCUT2D eigenvalue weighted by molar-refractivity contribution is -0.309. The largest absolute Gasteiger partial charge is 0.454 e. The first kappa shape index (κ1) is 28.7. The molecule has 1 aliphatic heterocycles. The molecule has 1 amide bonds. The lowest BCUT2D eigenvalue weighted by Crippen LogP contribution is -2.80. The normalized spacial score (nSPS) is 48.2. The van der Waals surface area contributed by atoms with Gasteiger partial charge in [-0.05, 0) is 50.3 Å². The van der Waals surface area contributed by atoms with Crippen molar-refractivity contribution >= 4 is 17.6 Å². The van der Waals surface area contributed by atoms with Crippen LogP contribution in [0.5, 0.6) is 0 Å². The fourth-order valence-electron chi connectivity index (χ4n) is 11.7. The Morgan fingerprint density at radius 1 is 1.07 bits per heavy atom. The SMILES string of the molecule is CCN1C[C@]2(OC(=O)c3ccccc3NC(C)=O)CC[C@H](OC)[C@]34C1[C@H](C[C@H]23)C1[C@H](O)[C@H](OC)[C@H]2C[C@@H]4[C@]1(O)[C@H]2OC. The number of ether oxygens (including phenoxy) is 4. The summed E-state index contributed by atoms with van der Waals surface area (Å²) in [6.45, 7) is 4.88. The number of likely N-dealkylation sites (tertiary alicyclic amines) is 1. The second-order valence-electron chi connectivity index (χ2n) is 13.6. The summed E-state index contributed by atoms with van der Waals surface area (Å²) < 4.78 is 25.1. The minimum absolute atomic E-state index is 0.0523. The number of likely N-dealkylation sites (N-methyl/N-ethyl adjacent to an activating group) is 1. The molecule has 10 nitrogen and oxygen atoms in total. The van der Waals surface area contributed by atoms with E-state index in [9.17, 15) is 19.8 Å². The molecule has 5 saturated carbocycles. The van der Waals surface area contributed by atoms with Crippen LogP contribution in [-0.2, 0) is 23.7 Å². The maximum atomic E-state index is 14.0. The minimum atomic E-state index is -1.25. The summed E-state index contributed by atoms with van der Waals surface area (Å²) in [6.07, 6.45) is 0.833. The lowest BCUT2D eigenvalue weighted by atomic mass is 9.44. The summed E-state index contributed by atoms with van der Waals surface area (Å²) in [7, 11) is 5.06. The van der Waals surface area contributed by atoms with E-state index in [2.05, 4.69) is 17.1 Å². The minimum Gasteiger partial charge on any atom is -0.454 e. The molecule has 5 aliphatic carbocycles. The zero-order chi connectivity index (χ0) is 29.8. The van der Waals surface area contributed by atoms with Crippen LogP contribution in [0.2, 0.25) is 0 Å². The second kappa shape index (κ2) is 9.71. The summed E-state index contributed by atoms with van der Waals surface area (Å²) in [6, 6.07) is 7.02. The van der Waals surface area contributed by atoms with Gasteiger partial charge in [0.15, 0.2) is 0 Å². The Balaban J connectivity index is 1.37. The van der Waals surface area contributed by atoms with Crippen LogP contribution in [0.15, 0.2) is 24.3 Å². The van der Waals surface area contributed by atoms with Crippen LogP contribution >= 0.6 is 0 Å². The molecule has 0 radical (unpaired) electrons. The van der Waals surface area contributed by atoms with Crippen LogP contribution in [0.25, 0.3) is 0 Å². The number of carbonyl (C=O) groups is 2. The van der Waals surface area contributed by atoms with Gasteiger partial charge in [-0.1, -0.05) is 19.1 Å². The average Bonchev–Trinajstić information content (AvgIpc) is 3.35. The highest BCUT2D eigenvalue weighted by atomic mass is 16.6. The van der Waals surface area contributed by atoms with Crippen molar-refractivity contribution in [3.8, 4) is 0 Å². The van der Waals surface area contributed by atoms with Gasteiger partial charge >= 0.3 is 5.97 Å². The zero-order valence-electron chi connectivity index (χ0n) is 25.1. The first-order valence-electron chi connectivity index (χ1n) is 15.5. The van der Waals surface area contributed by atoms with E-state index < -0.39 is 46.8 Å². The Labute approximate surface area is 247 Å². The number of para-hydroxylation sites is 1. The van der Waals surface area contributed by atoms with Crippen LogP contribution in [0.1, 0.15) is 49.9 Å². The molecule has 42 heavy (non-hydrogen) atoms. The summed E-state index contributed by atoms with van der Waals surface area (Å²) in [5.41, 5.74) is -1.80. The van der Waals surface area contributed by atoms with Gasteiger partial charge in [0.1, 0.15) is 11.2 Å². The number of hydrogen-bond donors (Lipinski definition) is 3. The van der Waals surface area contributed by atoms with Gasteiger partial charge in [0.25, 0.3) is 0 Å². The highest BCUT2D eigenvalue weighted by Crippen LogP contribution is 2.78. The molecule has 1 heterocycles. The summed E-state index contributed by atoms with van der Waals surface area (Å²) in [4.78, 5) is 28.4. The van der Waals surface area contributed by atoms with Crippen molar-refractivity contribution in [2.75, 3.05) is 39.7 Å². The highest BCUT2D eigenvalue weighted by Gasteiger charge is 2.86. The van der Waals surface area contributed by atoms with Gasteiger partial charge in [-0.25, -0.2) is 4.79 Å². The highest BCUT2D eigenvalue weighted by molar-refractivity contribution is 6.00. The van der Waals surface area contributed by atoms with E-state index in [1.165, 1.54) is 6.92 Å². The van der Waals surface area contributed by atoms with Crippen LogP contribution in [0.4, 0.5) is 5.69 Å². The third-order valence-corrected chi connectivity index (χ3v) is 12.5. The van der Waals surface area contributed by atoms with Crippen LogP contribution in [0.3, 0.4) is 0 Å².